The van der Waals surface area contributed by atoms with Crippen LogP contribution in [-0.2, 0) is 23.8 Å². The van der Waals surface area contributed by atoms with E-state index in [9.17, 15) is 14.4 Å². The second-order valence-corrected chi connectivity index (χ2v) is 8.08. The maximum absolute atomic E-state index is 11.9. The molecule has 0 saturated carbocycles. The minimum absolute atomic E-state index is 0.0726. The summed E-state index contributed by atoms with van der Waals surface area (Å²) in [7, 11) is 0. The Morgan fingerprint density at radius 2 is 1.54 bits per heavy atom. The van der Waals surface area contributed by atoms with Crippen LogP contribution < -0.4 is 5.32 Å². The highest BCUT2D eigenvalue weighted by Gasteiger charge is 2.26. The predicted molar refractivity (Wildman–Crippen MR) is 93.0 cm³/mol. The number of ether oxygens (including phenoxy) is 3. The van der Waals surface area contributed by atoms with E-state index in [1.807, 2.05) is 0 Å². The quantitative estimate of drug-likeness (QED) is 0.549. The number of hydrogen-bond acceptors (Lipinski definition) is 7. The number of carbonyl (C=O) groups is 3. The lowest BCUT2D eigenvalue weighted by molar-refractivity contribution is -0.151. The Labute approximate surface area is 148 Å². The van der Waals surface area contributed by atoms with E-state index in [1.165, 1.54) is 11.8 Å². The maximum Gasteiger partial charge on any atom is 0.408 e. The second-order valence-electron chi connectivity index (χ2n) is 7.05. The van der Waals surface area contributed by atoms with E-state index in [4.69, 9.17) is 14.2 Å². The van der Waals surface area contributed by atoms with E-state index >= 15 is 0 Å². The largest absolute Gasteiger partial charge is 0.464 e. The van der Waals surface area contributed by atoms with Gasteiger partial charge >= 0.3 is 18.0 Å². The Balaban J connectivity index is 4.55. The van der Waals surface area contributed by atoms with Crippen molar-refractivity contribution in [3.05, 3.63) is 0 Å². The number of thioether (sulfide) groups is 1. The Morgan fingerprint density at radius 1 is 1.00 bits per heavy atom. The molecule has 0 aliphatic carbocycles. The highest BCUT2D eigenvalue weighted by atomic mass is 32.2. The van der Waals surface area contributed by atoms with Crippen LogP contribution in [0.15, 0.2) is 0 Å². The van der Waals surface area contributed by atoms with Crippen molar-refractivity contribution < 1.29 is 28.6 Å². The third kappa shape index (κ3) is 12.0. The minimum Gasteiger partial charge on any atom is -0.464 e. The fourth-order valence-electron chi connectivity index (χ4n) is 1.49. The van der Waals surface area contributed by atoms with Crippen molar-refractivity contribution in [1.29, 1.82) is 0 Å². The standard InChI is InChI=1S/C16H29NO6S/c1-8-21-13(19)11(17-14(20)23-16(5,6)7)9-24-10-12(18)22-15(2,3)4/h11H,8-10H2,1-7H3,(H,17,20)/t11-/m0/s1. The topological polar surface area (TPSA) is 90.9 Å². The summed E-state index contributed by atoms with van der Waals surface area (Å²) in [6, 6.07) is -0.896. The van der Waals surface area contributed by atoms with Gasteiger partial charge in [0.25, 0.3) is 0 Å². The zero-order valence-electron chi connectivity index (χ0n) is 15.6. The molecule has 7 nitrogen and oxygen atoms in total. The Kier molecular flexibility index (Phi) is 9.17. The van der Waals surface area contributed by atoms with Crippen molar-refractivity contribution in [2.45, 2.75) is 65.7 Å². The van der Waals surface area contributed by atoms with Gasteiger partial charge in [-0.2, -0.15) is 0 Å². The van der Waals surface area contributed by atoms with Crippen LogP contribution in [0.1, 0.15) is 48.5 Å². The summed E-state index contributed by atoms with van der Waals surface area (Å²) in [5.41, 5.74) is -1.24. The van der Waals surface area contributed by atoms with Gasteiger partial charge in [0.2, 0.25) is 0 Å². The van der Waals surface area contributed by atoms with Crippen molar-refractivity contribution >= 4 is 29.8 Å². The molecule has 0 aliphatic rings. The van der Waals surface area contributed by atoms with E-state index in [2.05, 4.69) is 5.32 Å². The zero-order chi connectivity index (χ0) is 19.0. The molecule has 0 heterocycles. The van der Waals surface area contributed by atoms with Gasteiger partial charge in [-0.3, -0.25) is 4.79 Å². The molecule has 24 heavy (non-hydrogen) atoms. The Morgan fingerprint density at radius 3 is 2.00 bits per heavy atom. The van der Waals surface area contributed by atoms with Crippen LogP contribution in [0.5, 0.6) is 0 Å². The van der Waals surface area contributed by atoms with Gasteiger partial charge in [0, 0.05) is 5.75 Å². The minimum atomic E-state index is -0.896. The van der Waals surface area contributed by atoms with Gasteiger partial charge in [-0.15, -0.1) is 11.8 Å². The van der Waals surface area contributed by atoms with Gasteiger partial charge in [-0.05, 0) is 48.5 Å². The fraction of sp³-hybridized carbons (Fsp3) is 0.812. The van der Waals surface area contributed by atoms with E-state index in [0.717, 1.165) is 0 Å². The summed E-state index contributed by atoms with van der Waals surface area (Å²) in [6.45, 7) is 12.4. The summed E-state index contributed by atoms with van der Waals surface area (Å²) in [4.78, 5) is 35.4. The molecule has 0 aliphatic heterocycles. The molecule has 0 unspecified atom stereocenters. The number of nitrogens with one attached hydrogen (secondary N) is 1. The van der Waals surface area contributed by atoms with E-state index in [0.29, 0.717) is 0 Å². The third-order valence-corrected chi connectivity index (χ3v) is 3.20. The molecule has 1 atom stereocenters. The maximum atomic E-state index is 11.9. The molecular formula is C16H29NO6S. The summed E-state index contributed by atoms with van der Waals surface area (Å²) in [5, 5.41) is 2.47. The average Bonchev–Trinajstić information content (AvgIpc) is 2.33. The lowest BCUT2D eigenvalue weighted by Crippen LogP contribution is -2.46. The molecule has 0 fully saturated rings. The van der Waals surface area contributed by atoms with Gasteiger partial charge < -0.3 is 19.5 Å². The van der Waals surface area contributed by atoms with Crippen LogP contribution in [-0.4, -0.2) is 53.4 Å². The summed E-state index contributed by atoms with van der Waals surface area (Å²) >= 11 is 1.18. The molecule has 0 radical (unpaired) electrons. The molecular weight excluding hydrogens is 334 g/mol. The molecule has 0 aromatic rings. The number of rotatable bonds is 7. The Bertz CT molecular complexity index is 439. The number of alkyl carbamates (subject to hydrolysis) is 1. The molecule has 0 aromatic heterocycles. The van der Waals surface area contributed by atoms with Crippen molar-refractivity contribution in [2.75, 3.05) is 18.1 Å². The van der Waals surface area contributed by atoms with Crippen LogP contribution in [0.25, 0.3) is 0 Å². The number of amides is 1. The predicted octanol–water partition coefficient (Wildman–Crippen LogP) is 2.52. The molecule has 0 rings (SSSR count). The van der Waals surface area contributed by atoms with Crippen LogP contribution in [0.3, 0.4) is 0 Å². The summed E-state index contributed by atoms with van der Waals surface area (Å²) in [6.07, 6.45) is -0.710. The molecule has 140 valence electrons. The molecule has 0 saturated heterocycles. The van der Waals surface area contributed by atoms with Gasteiger partial charge in [0.1, 0.15) is 17.2 Å². The SMILES string of the molecule is CCOC(=O)[C@H](CSCC(=O)OC(C)(C)C)NC(=O)OC(C)(C)C. The highest BCUT2D eigenvalue weighted by Crippen LogP contribution is 2.12. The third-order valence-electron chi connectivity index (χ3n) is 2.19. The van der Waals surface area contributed by atoms with Crippen molar-refractivity contribution in [2.24, 2.45) is 0 Å². The van der Waals surface area contributed by atoms with Crippen LogP contribution in [0, 0.1) is 0 Å². The van der Waals surface area contributed by atoms with Crippen LogP contribution in [0.2, 0.25) is 0 Å². The van der Waals surface area contributed by atoms with Crippen molar-refractivity contribution in [3.8, 4) is 0 Å². The normalized spacial score (nSPS) is 13.0. The first kappa shape index (κ1) is 22.6. The summed E-state index contributed by atoms with van der Waals surface area (Å²) < 4.78 is 15.3. The lowest BCUT2D eigenvalue weighted by Gasteiger charge is -2.23. The van der Waals surface area contributed by atoms with E-state index in [1.54, 1.807) is 48.5 Å². The second kappa shape index (κ2) is 9.76. The molecule has 8 heteroatoms. The first-order valence-corrected chi connectivity index (χ1v) is 8.95. The van der Waals surface area contributed by atoms with Crippen molar-refractivity contribution in [3.63, 3.8) is 0 Å². The van der Waals surface area contributed by atoms with Crippen LogP contribution >= 0.6 is 11.8 Å². The number of hydrogen-bond donors (Lipinski definition) is 1. The molecule has 0 bridgehead atoms. The van der Waals surface area contributed by atoms with Gasteiger partial charge in [0.15, 0.2) is 0 Å². The number of esters is 2. The average molecular weight is 363 g/mol. The molecule has 1 N–H and O–H groups in total. The lowest BCUT2D eigenvalue weighted by atomic mass is 10.2. The van der Waals surface area contributed by atoms with Gasteiger partial charge in [0.05, 0.1) is 12.4 Å². The van der Waals surface area contributed by atoms with Crippen LogP contribution in [0.4, 0.5) is 4.79 Å². The number of carbonyl (C=O) groups excluding carboxylic acids is 3. The van der Waals surface area contributed by atoms with Crippen molar-refractivity contribution in [1.82, 2.24) is 5.32 Å². The molecule has 0 spiro atoms. The fourth-order valence-corrected chi connectivity index (χ4v) is 2.29. The smallest absolute Gasteiger partial charge is 0.408 e. The first-order valence-electron chi connectivity index (χ1n) is 7.80. The molecule has 1 amide bonds. The highest BCUT2D eigenvalue weighted by molar-refractivity contribution is 8.00. The Hall–Kier alpha value is -1.44. The van der Waals surface area contributed by atoms with E-state index in [-0.39, 0.29) is 24.1 Å². The summed E-state index contributed by atoms with van der Waals surface area (Å²) in [5.74, 6) is -0.701. The molecule has 0 aromatic carbocycles. The zero-order valence-corrected chi connectivity index (χ0v) is 16.4. The van der Waals surface area contributed by atoms with E-state index < -0.39 is 29.3 Å². The van der Waals surface area contributed by atoms with Gasteiger partial charge in [-0.1, -0.05) is 0 Å². The monoisotopic (exact) mass is 363 g/mol. The first-order chi connectivity index (χ1) is 10.8. The van der Waals surface area contributed by atoms with Gasteiger partial charge in [-0.25, -0.2) is 9.59 Å².